The van der Waals surface area contributed by atoms with Crippen molar-refractivity contribution in [2.24, 2.45) is 17.6 Å². The summed E-state index contributed by atoms with van der Waals surface area (Å²) >= 11 is 0. The van der Waals surface area contributed by atoms with Crippen LogP contribution in [0.5, 0.6) is 0 Å². The minimum Gasteiger partial charge on any atom is -0.465 e. The van der Waals surface area contributed by atoms with E-state index in [9.17, 15) is 13.6 Å². The van der Waals surface area contributed by atoms with Crippen molar-refractivity contribution in [3.05, 3.63) is 0 Å². The predicted octanol–water partition coefficient (Wildman–Crippen LogP) is 0.826. The molecule has 0 aliphatic carbocycles. The van der Waals surface area contributed by atoms with Crippen LogP contribution in [0.1, 0.15) is 6.92 Å². The van der Waals surface area contributed by atoms with Crippen LogP contribution in [0.3, 0.4) is 0 Å². The Bertz CT molecular complexity index is 235. The normalized spacial score (nSPS) is 31.6. The van der Waals surface area contributed by atoms with Crippen molar-refractivity contribution < 1.29 is 18.7 Å². The topological polar surface area (TPSA) is 66.6 Å². The van der Waals surface area contributed by atoms with Crippen LogP contribution < -0.4 is 5.73 Å². The van der Waals surface area contributed by atoms with Crippen LogP contribution in [-0.2, 0) is 0 Å². The van der Waals surface area contributed by atoms with Crippen LogP contribution >= 0.6 is 0 Å². The number of amides is 1. The van der Waals surface area contributed by atoms with Crippen molar-refractivity contribution in [3.63, 3.8) is 0 Å². The van der Waals surface area contributed by atoms with E-state index in [1.807, 2.05) is 0 Å². The van der Waals surface area contributed by atoms with Gasteiger partial charge < -0.3 is 15.7 Å². The molecule has 1 rings (SSSR count). The third kappa shape index (κ3) is 1.79. The van der Waals surface area contributed by atoms with Gasteiger partial charge in [0.15, 0.2) is 0 Å². The summed E-state index contributed by atoms with van der Waals surface area (Å²) in [6.45, 7) is 0.848. The van der Waals surface area contributed by atoms with Gasteiger partial charge in [0.1, 0.15) is 0 Å². The molecule has 0 unspecified atom stereocenters. The van der Waals surface area contributed by atoms with Crippen molar-refractivity contribution in [2.75, 3.05) is 19.6 Å². The lowest BCUT2D eigenvalue weighted by atomic mass is 9.86. The van der Waals surface area contributed by atoms with E-state index in [1.165, 1.54) is 6.92 Å². The monoisotopic (exact) mass is 208 g/mol. The molecule has 1 aliphatic heterocycles. The highest BCUT2D eigenvalue weighted by atomic mass is 19.3. The first-order valence-electron chi connectivity index (χ1n) is 4.45. The van der Waals surface area contributed by atoms with Crippen molar-refractivity contribution in [1.29, 1.82) is 0 Å². The minimum absolute atomic E-state index is 0.126. The minimum atomic E-state index is -2.86. The summed E-state index contributed by atoms with van der Waals surface area (Å²) in [4.78, 5) is 11.6. The molecule has 6 heteroatoms. The predicted molar refractivity (Wildman–Crippen MR) is 46.3 cm³/mol. The molecule has 1 heterocycles. The highest BCUT2D eigenvalue weighted by Gasteiger charge is 2.49. The molecule has 0 aromatic heterocycles. The molecule has 0 saturated carbocycles. The van der Waals surface area contributed by atoms with E-state index < -0.39 is 23.9 Å². The van der Waals surface area contributed by atoms with E-state index >= 15 is 0 Å². The van der Waals surface area contributed by atoms with Gasteiger partial charge in [0.25, 0.3) is 5.92 Å². The van der Waals surface area contributed by atoms with E-state index in [1.54, 1.807) is 0 Å². The SMILES string of the molecule is C[C@H]1CN(C(=O)O)C[C@@H](CN)C1(F)F. The molecule has 0 aromatic rings. The third-order valence-electron chi connectivity index (χ3n) is 2.69. The highest BCUT2D eigenvalue weighted by Crippen LogP contribution is 2.37. The first-order valence-corrected chi connectivity index (χ1v) is 4.45. The van der Waals surface area contributed by atoms with Gasteiger partial charge in [-0.05, 0) is 0 Å². The Morgan fingerprint density at radius 3 is 2.64 bits per heavy atom. The van der Waals surface area contributed by atoms with Gasteiger partial charge in [-0.3, -0.25) is 0 Å². The molecule has 3 N–H and O–H groups in total. The summed E-state index contributed by atoms with van der Waals surface area (Å²) in [6.07, 6.45) is -1.16. The summed E-state index contributed by atoms with van der Waals surface area (Å²) in [7, 11) is 0. The van der Waals surface area contributed by atoms with Crippen LogP contribution in [0.15, 0.2) is 0 Å². The van der Waals surface area contributed by atoms with Gasteiger partial charge >= 0.3 is 6.09 Å². The maximum absolute atomic E-state index is 13.4. The molecule has 82 valence electrons. The Morgan fingerprint density at radius 1 is 1.64 bits per heavy atom. The number of rotatable bonds is 1. The van der Waals surface area contributed by atoms with Crippen LogP contribution in [0, 0.1) is 11.8 Å². The molecule has 0 spiro atoms. The van der Waals surface area contributed by atoms with E-state index in [0.717, 1.165) is 4.90 Å². The molecular weight excluding hydrogens is 194 g/mol. The number of nitrogens with two attached hydrogens (primary N) is 1. The number of alkyl halides is 2. The number of likely N-dealkylation sites (tertiary alicyclic amines) is 1. The molecule has 2 atom stereocenters. The molecule has 1 amide bonds. The van der Waals surface area contributed by atoms with Gasteiger partial charge in [0, 0.05) is 25.6 Å². The number of halogens is 2. The van der Waals surface area contributed by atoms with Gasteiger partial charge in [0.05, 0.1) is 5.92 Å². The molecule has 0 aromatic carbocycles. The van der Waals surface area contributed by atoms with Gasteiger partial charge in [0.2, 0.25) is 0 Å². The fourth-order valence-corrected chi connectivity index (χ4v) is 1.70. The number of hydrogen-bond donors (Lipinski definition) is 2. The molecule has 0 radical (unpaired) electrons. The maximum atomic E-state index is 13.4. The Balaban J connectivity index is 2.78. The average Bonchev–Trinajstić information content (AvgIpc) is 2.09. The molecular formula is C8H14F2N2O2. The molecule has 1 aliphatic rings. The number of carboxylic acid groups (broad SMARTS) is 1. The second-order valence-corrected chi connectivity index (χ2v) is 3.70. The van der Waals surface area contributed by atoms with Crippen LogP contribution in [0.2, 0.25) is 0 Å². The third-order valence-corrected chi connectivity index (χ3v) is 2.69. The highest BCUT2D eigenvalue weighted by molar-refractivity contribution is 5.65. The molecule has 0 bridgehead atoms. The Morgan fingerprint density at radius 2 is 2.21 bits per heavy atom. The summed E-state index contributed by atoms with van der Waals surface area (Å²) in [5.74, 6) is -4.90. The number of hydrogen-bond acceptors (Lipinski definition) is 2. The van der Waals surface area contributed by atoms with Gasteiger partial charge in [-0.1, -0.05) is 6.92 Å². The first kappa shape index (κ1) is 11.2. The first-order chi connectivity index (χ1) is 6.39. The lowest BCUT2D eigenvalue weighted by Gasteiger charge is -2.40. The summed E-state index contributed by atoms with van der Waals surface area (Å²) in [6, 6.07) is 0. The summed E-state index contributed by atoms with van der Waals surface area (Å²) in [5.41, 5.74) is 5.20. The second-order valence-electron chi connectivity index (χ2n) is 3.70. The zero-order chi connectivity index (χ0) is 10.9. The van der Waals surface area contributed by atoms with Crippen molar-refractivity contribution in [1.82, 2.24) is 4.90 Å². The second kappa shape index (κ2) is 3.68. The lowest BCUT2D eigenvalue weighted by molar-refractivity contribution is -0.135. The standard InChI is InChI=1S/C8H14F2N2O2/c1-5-3-12(7(13)14)4-6(2-11)8(5,9)10/h5-6H,2-4,11H2,1H3,(H,13,14)/t5-,6+/m0/s1. The Hall–Kier alpha value is -0.910. The van der Waals surface area contributed by atoms with Crippen LogP contribution in [0.25, 0.3) is 0 Å². The molecule has 1 saturated heterocycles. The van der Waals surface area contributed by atoms with Crippen molar-refractivity contribution in [3.8, 4) is 0 Å². The largest absolute Gasteiger partial charge is 0.465 e. The van der Waals surface area contributed by atoms with Gasteiger partial charge in [-0.15, -0.1) is 0 Å². The molecule has 14 heavy (non-hydrogen) atoms. The van der Waals surface area contributed by atoms with Crippen molar-refractivity contribution in [2.45, 2.75) is 12.8 Å². The quantitative estimate of drug-likeness (QED) is 0.670. The fraction of sp³-hybridized carbons (Fsp3) is 0.875. The average molecular weight is 208 g/mol. The van der Waals surface area contributed by atoms with Crippen molar-refractivity contribution >= 4 is 6.09 Å². The lowest BCUT2D eigenvalue weighted by Crippen LogP contribution is -2.56. The van der Waals surface area contributed by atoms with E-state index in [2.05, 4.69) is 0 Å². The van der Waals surface area contributed by atoms with Crippen LogP contribution in [-0.4, -0.2) is 41.7 Å². The van der Waals surface area contributed by atoms with Gasteiger partial charge in [-0.25, -0.2) is 13.6 Å². The summed E-state index contributed by atoms with van der Waals surface area (Å²) < 4.78 is 26.8. The smallest absolute Gasteiger partial charge is 0.407 e. The molecule has 1 fully saturated rings. The Labute approximate surface area is 80.7 Å². The van der Waals surface area contributed by atoms with Gasteiger partial charge in [-0.2, -0.15) is 0 Å². The number of piperidine rings is 1. The number of nitrogens with zero attached hydrogens (tertiary/aromatic N) is 1. The van der Waals surface area contributed by atoms with Crippen LogP contribution in [0.4, 0.5) is 13.6 Å². The fourth-order valence-electron chi connectivity index (χ4n) is 1.70. The van der Waals surface area contributed by atoms with E-state index in [0.29, 0.717) is 0 Å². The molecule has 4 nitrogen and oxygen atoms in total. The number of carbonyl (C=O) groups is 1. The maximum Gasteiger partial charge on any atom is 0.407 e. The summed E-state index contributed by atoms with van der Waals surface area (Å²) in [5, 5.41) is 8.68. The Kier molecular flexibility index (Phi) is 2.94. The zero-order valence-electron chi connectivity index (χ0n) is 7.91. The zero-order valence-corrected chi connectivity index (χ0v) is 7.91. The van der Waals surface area contributed by atoms with E-state index in [-0.39, 0.29) is 19.6 Å². The van der Waals surface area contributed by atoms with E-state index in [4.69, 9.17) is 10.8 Å².